The van der Waals surface area contributed by atoms with Crippen LogP contribution in [0.5, 0.6) is 0 Å². The molecule has 1 amide bonds. The predicted molar refractivity (Wildman–Crippen MR) is 51.1 cm³/mol. The summed E-state index contributed by atoms with van der Waals surface area (Å²) in [4.78, 5) is 13.6. The summed E-state index contributed by atoms with van der Waals surface area (Å²) in [7, 11) is 0. The first kappa shape index (κ1) is 9.00. The number of hydrogen-bond donors (Lipinski definition) is 1. The lowest BCUT2D eigenvalue weighted by Crippen LogP contribution is -2.44. The van der Waals surface area contributed by atoms with E-state index in [9.17, 15) is 4.79 Å². The Labute approximate surface area is 79.3 Å². The Morgan fingerprint density at radius 1 is 1.54 bits per heavy atom. The van der Waals surface area contributed by atoms with Gasteiger partial charge < -0.3 is 10.6 Å². The topological polar surface area (TPSA) is 46.3 Å². The predicted octanol–water partition coefficient (Wildman–Crippen LogP) is 0.736. The molecule has 0 aromatic rings. The first-order valence-electron chi connectivity index (χ1n) is 5.15. The van der Waals surface area contributed by atoms with E-state index in [4.69, 9.17) is 5.73 Å². The monoisotopic (exact) mass is 182 g/mol. The van der Waals surface area contributed by atoms with E-state index in [2.05, 4.69) is 0 Å². The van der Waals surface area contributed by atoms with E-state index in [1.165, 1.54) is 19.3 Å². The third-order valence-electron chi connectivity index (χ3n) is 3.26. The van der Waals surface area contributed by atoms with Gasteiger partial charge in [-0.05, 0) is 31.6 Å². The van der Waals surface area contributed by atoms with Crippen LogP contribution in [0, 0.1) is 5.41 Å². The maximum absolute atomic E-state index is 11.7. The molecular formula is C10H18N2O. The van der Waals surface area contributed by atoms with Crippen LogP contribution in [0.4, 0.5) is 0 Å². The normalized spacial score (nSPS) is 27.8. The Hall–Kier alpha value is -0.570. The van der Waals surface area contributed by atoms with Gasteiger partial charge in [0.1, 0.15) is 0 Å². The van der Waals surface area contributed by atoms with Crippen LogP contribution < -0.4 is 5.73 Å². The molecule has 2 rings (SSSR count). The lowest BCUT2D eigenvalue weighted by Gasteiger charge is -2.32. The van der Waals surface area contributed by atoms with Crippen molar-refractivity contribution in [1.82, 2.24) is 4.90 Å². The van der Waals surface area contributed by atoms with Gasteiger partial charge in [0.2, 0.25) is 5.91 Å². The molecule has 1 heterocycles. The summed E-state index contributed by atoms with van der Waals surface area (Å²) < 4.78 is 0. The second-order valence-electron chi connectivity index (χ2n) is 4.74. The van der Waals surface area contributed by atoms with Gasteiger partial charge >= 0.3 is 0 Å². The quantitative estimate of drug-likeness (QED) is 0.684. The molecule has 2 fully saturated rings. The number of nitrogens with zero attached hydrogens (tertiary/aromatic N) is 1. The van der Waals surface area contributed by atoms with Crippen molar-refractivity contribution in [2.24, 2.45) is 11.1 Å². The molecule has 3 nitrogen and oxygen atoms in total. The lowest BCUT2D eigenvalue weighted by molar-refractivity contribution is -0.135. The highest BCUT2D eigenvalue weighted by atomic mass is 16.2. The van der Waals surface area contributed by atoms with Crippen LogP contribution in [0.15, 0.2) is 0 Å². The van der Waals surface area contributed by atoms with Gasteiger partial charge in [-0.1, -0.05) is 0 Å². The molecule has 0 radical (unpaired) electrons. The Bertz CT molecular complexity index is 221. The molecule has 1 spiro atoms. The van der Waals surface area contributed by atoms with Crippen molar-refractivity contribution < 1.29 is 4.79 Å². The van der Waals surface area contributed by atoms with E-state index in [0.29, 0.717) is 11.3 Å². The van der Waals surface area contributed by atoms with Crippen LogP contribution in [0.1, 0.15) is 32.6 Å². The number of amides is 1. The molecule has 1 saturated heterocycles. The Kier molecular flexibility index (Phi) is 2.06. The van der Waals surface area contributed by atoms with Crippen molar-refractivity contribution in [2.45, 2.75) is 38.6 Å². The molecular weight excluding hydrogens is 164 g/mol. The van der Waals surface area contributed by atoms with Crippen LogP contribution >= 0.6 is 0 Å². The maximum atomic E-state index is 11.7. The van der Waals surface area contributed by atoms with Gasteiger partial charge in [-0.3, -0.25) is 4.79 Å². The zero-order valence-electron chi connectivity index (χ0n) is 8.25. The van der Waals surface area contributed by atoms with Crippen molar-refractivity contribution >= 4 is 5.91 Å². The van der Waals surface area contributed by atoms with Crippen molar-refractivity contribution in [3.05, 3.63) is 0 Å². The number of piperidine rings is 1. The number of likely N-dealkylation sites (tertiary alicyclic amines) is 1. The van der Waals surface area contributed by atoms with Gasteiger partial charge in [-0.2, -0.15) is 0 Å². The van der Waals surface area contributed by atoms with Crippen molar-refractivity contribution in [2.75, 3.05) is 13.1 Å². The summed E-state index contributed by atoms with van der Waals surface area (Å²) in [5.41, 5.74) is 6.11. The van der Waals surface area contributed by atoms with Crippen LogP contribution in [-0.2, 0) is 4.79 Å². The Morgan fingerprint density at radius 3 is 2.69 bits per heavy atom. The molecule has 13 heavy (non-hydrogen) atoms. The Morgan fingerprint density at radius 2 is 2.23 bits per heavy atom. The summed E-state index contributed by atoms with van der Waals surface area (Å²) in [5.74, 6) is 0.320. The minimum Gasteiger partial charge on any atom is -0.341 e. The van der Waals surface area contributed by atoms with Crippen LogP contribution in [0.25, 0.3) is 0 Å². The summed E-state index contributed by atoms with van der Waals surface area (Å²) >= 11 is 0. The second kappa shape index (κ2) is 2.98. The average molecular weight is 182 g/mol. The fraction of sp³-hybridized carbons (Fsp3) is 0.900. The molecule has 2 aliphatic rings. The summed E-state index contributed by atoms with van der Waals surface area (Å²) in [6, 6.07) is 0.109. The molecule has 74 valence electrons. The fourth-order valence-corrected chi connectivity index (χ4v) is 2.16. The van der Waals surface area contributed by atoms with Gasteiger partial charge in [-0.15, -0.1) is 0 Å². The standard InChI is InChI=1S/C10H18N2O/c1-8(11)7-12-5-4-10(2-3-10)6-9(12)13/h8H,2-7,11H2,1H3. The third-order valence-corrected chi connectivity index (χ3v) is 3.26. The largest absolute Gasteiger partial charge is 0.341 e. The van der Waals surface area contributed by atoms with E-state index in [1.807, 2.05) is 11.8 Å². The van der Waals surface area contributed by atoms with Gasteiger partial charge in [0.15, 0.2) is 0 Å². The maximum Gasteiger partial charge on any atom is 0.223 e. The van der Waals surface area contributed by atoms with E-state index < -0.39 is 0 Å². The van der Waals surface area contributed by atoms with Crippen LogP contribution in [0.2, 0.25) is 0 Å². The van der Waals surface area contributed by atoms with Gasteiger partial charge in [0, 0.05) is 25.6 Å². The molecule has 1 saturated carbocycles. The third kappa shape index (κ3) is 1.85. The molecule has 0 bridgehead atoms. The zero-order chi connectivity index (χ0) is 9.47. The van der Waals surface area contributed by atoms with E-state index in [1.54, 1.807) is 0 Å². The van der Waals surface area contributed by atoms with E-state index in [0.717, 1.165) is 19.5 Å². The first-order valence-corrected chi connectivity index (χ1v) is 5.15. The van der Waals surface area contributed by atoms with Gasteiger partial charge in [0.25, 0.3) is 0 Å². The minimum atomic E-state index is 0.109. The fourth-order valence-electron chi connectivity index (χ4n) is 2.16. The van der Waals surface area contributed by atoms with Gasteiger partial charge in [-0.25, -0.2) is 0 Å². The van der Waals surface area contributed by atoms with Crippen LogP contribution in [-0.4, -0.2) is 29.9 Å². The average Bonchev–Trinajstić information content (AvgIpc) is 2.76. The first-order chi connectivity index (χ1) is 6.11. The number of hydrogen-bond acceptors (Lipinski definition) is 2. The number of rotatable bonds is 2. The summed E-state index contributed by atoms with van der Waals surface area (Å²) in [5, 5.41) is 0. The molecule has 1 aliphatic carbocycles. The number of carbonyl (C=O) groups is 1. The summed E-state index contributed by atoms with van der Waals surface area (Å²) in [6.45, 7) is 3.62. The number of nitrogens with two attached hydrogens (primary N) is 1. The SMILES string of the molecule is CC(N)CN1CCC2(CC2)CC1=O. The molecule has 0 aromatic heterocycles. The summed E-state index contributed by atoms with van der Waals surface area (Å²) in [6.07, 6.45) is 4.51. The number of carbonyl (C=O) groups excluding carboxylic acids is 1. The van der Waals surface area contributed by atoms with E-state index >= 15 is 0 Å². The minimum absolute atomic E-state index is 0.109. The van der Waals surface area contributed by atoms with E-state index in [-0.39, 0.29) is 6.04 Å². The van der Waals surface area contributed by atoms with Crippen molar-refractivity contribution in [3.8, 4) is 0 Å². The smallest absolute Gasteiger partial charge is 0.223 e. The van der Waals surface area contributed by atoms with Crippen molar-refractivity contribution in [1.29, 1.82) is 0 Å². The van der Waals surface area contributed by atoms with Crippen LogP contribution in [0.3, 0.4) is 0 Å². The molecule has 0 aromatic carbocycles. The second-order valence-corrected chi connectivity index (χ2v) is 4.74. The Balaban J connectivity index is 1.90. The highest BCUT2D eigenvalue weighted by Crippen LogP contribution is 2.53. The molecule has 2 N–H and O–H groups in total. The highest BCUT2D eigenvalue weighted by molar-refractivity contribution is 5.78. The zero-order valence-corrected chi connectivity index (χ0v) is 8.25. The highest BCUT2D eigenvalue weighted by Gasteiger charge is 2.47. The van der Waals surface area contributed by atoms with Crippen molar-refractivity contribution in [3.63, 3.8) is 0 Å². The molecule has 1 atom stereocenters. The molecule has 1 aliphatic heterocycles. The lowest BCUT2D eigenvalue weighted by atomic mass is 9.93. The molecule has 1 unspecified atom stereocenters. The van der Waals surface area contributed by atoms with Gasteiger partial charge in [0.05, 0.1) is 0 Å². The molecule has 3 heteroatoms.